The van der Waals surface area contributed by atoms with Crippen molar-refractivity contribution >= 4 is 68.1 Å². The number of hydrogen-bond donors (Lipinski definition) is 3. The Kier molecular flexibility index (Phi) is 6.86. The van der Waals surface area contributed by atoms with Crippen molar-refractivity contribution in [2.45, 2.75) is 18.3 Å². The van der Waals surface area contributed by atoms with Gasteiger partial charge < -0.3 is 20.1 Å². The Balaban J connectivity index is 1.83. The summed E-state index contributed by atoms with van der Waals surface area (Å²) in [6.45, 7) is 4.58. The van der Waals surface area contributed by atoms with E-state index in [9.17, 15) is 27.6 Å². The van der Waals surface area contributed by atoms with Gasteiger partial charge >= 0.3 is 22.3 Å². The fourth-order valence-electron chi connectivity index (χ4n) is 2.84. The third-order valence-electron chi connectivity index (χ3n) is 4.15. The Morgan fingerprint density at radius 2 is 2.15 bits per heavy atom. The minimum atomic E-state index is -5.13. The predicted molar refractivity (Wildman–Crippen MR) is 115 cm³/mol. The lowest BCUT2D eigenvalue weighted by molar-refractivity contribution is -0.149. The molecule has 2 aliphatic rings. The van der Waals surface area contributed by atoms with Crippen LogP contribution >= 0.6 is 23.1 Å². The molecule has 0 aliphatic carbocycles. The minimum Gasteiger partial charge on any atom is -0.375 e. The molecule has 1 fully saturated rings. The van der Waals surface area contributed by atoms with Gasteiger partial charge in [-0.2, -0.15) is 8.42 Å². The van der Waals surface area contributed by atoms with Crippen LogP contribution in [0, 0.1) is 0 Å². The topological polar surface area (TPSA) is 208 Å². The van der Waals surface area contributed by atoms with E-state index in [0.29, 0.717) is 0 Å². The number of anilines is 1. The molecule has 2 atom stereocenters. The molecule has 14 nitrogen and oxygen atoms in total. The summed E-state index contributed by atoms with van der Waals surface area (Å²) in [6.07, 6.45) is 1.24. The van der Waals surface area contributed by atoms with Crippen LogP contribution in [-0.4, -0.2) is 69.5 Å². The molecule has 0 saturated carbocycles. The summed E-state index contributed by atoms with van der Waals surface area (Å²) < 4.78 is 34.6. The number of β-lactam (4-membered cyclic amide) rings is 1. The Labute approximate surface area is 194 Å². The molecule has 4 N–H and O–H groups in total. The van der Waals surface area contributed by atoms with E-state index in [1.54, 1.807) is 0 Å². The van der Waals surface area contributed by atoms with E-state index in [1.807, 2.05) is 0 Å². The van der Waals surface area contributed by atoms with Gasteiger partial charge in [-0.25, -0.2) is 14.6 Å². The number of carbonyl (C=O) groups is 4. The van der Waals surface area contributed by atoms with Gasteiger partial charge in [-0.3, -0.25) is 19.0 Å². The fraction of sp³-hybridized carbons (Fsp3) is 0.250. The number of amides is 2. The van der Waals surface area contributed by atoms with Crippen molar-refractivity contribution in [3.8, 4) is 0 Å². The van der Waals surface area contributed by atoms with Crippen molar-refractivity contribution in [1.29, 1.82) is 0 Å². The van der Waals surface area contributed by atoms with Gasteiger partial charge in [0.2, 0.25) is 0 Å². The Morgan fingerprint density at radius 1 is 1.45 bits per heavy atom. The quantitative estimate of drug-likeness (QED) is 0.133. The second-order valence-corrected chi connectivity index (χ2v) is 9.35. The number of rotatable bonds is 7. The first-order chi connectivity index (χ1) is 15.4. The van der Waals surface area contributed by atoms with Gasteiger partial charge in [0.15, 0.2) is 10.8 Å². The molecule has 2 amide bonds. The number of nitrogens with one attached hydrogen (secondary N) is 1. The van der Waals surface area contributed by atoms with E-state index in [4.69, 9.17) is 10.3 Å². The van der Waals surface area contributed by atoms with Crippen LogP contribution in [0.5, 0.6) is 0 Å². The molecule has 17 heteroatoms. The van der Waals surface area contributed by atoms with Crippen molar-refractivity contribution in [1.82, 2.24) is 15.2 Å². The number of hydrogen-bond acceptors (Lipinski definition) is 13. The average Bonchev–Trinajstić information content (AvgIpc) is 3.15. The van der Waals surface area contributed by atoms with E-state index in [0.717, 1.165) is 34.9 Å². The number of oxime groups is 1. The normalized spacial score (nSPS) is 20.5. The lowest BCUT2D eigenvalue weighted by Crippen LogP contribution is -2.71. The van der Waals surface area contributed by atoms with Crippen LogP contribution in [0.4, 0.5) is 5.13 Å². The highest BCUT2D eigenvalue weighted by atomic mass is 32.3. The summed E-state index contributed by atoms with van der Waals surface area (Å²) in [4.78, 5) is 58.3. The van der Waals surface area contributed by atoms with Crippen LogP contribution in [0.25, 0.3) is 0 Å². The second kappa shape index (κ2) is 9.30. The Hall–Kier alpha value is -3.28. The molecule has 0 radical (unpaired) electrons. The van der Waals surface area contributed by atoms with Crippen molar-refractivity contribution in [2.24, 2.45) is 5.16 Å². The largest absolute Gasteiger partial charge is 0.449 e. The van der Waals surface area contributed by atoms with Crippen LogP contribution in [0.15, 0.2) is 34.5 Å². The first-order valence-corrected chi connectivity index (χ1v) is 12.0. The number of thioether (sulfide) groups is 1. The Bertz CT molecular complexity index is 1220. The summed E-state index contributed by atoms with van der Waals surface area (Å²) in [6, 6.07) is -1.15. The maximum atomic E-state index is 12.8. The van der Waals surface area contributed by atoms with Crippen LogP contribution in [0.2, 0.25) is 0 Å². The summed E-state index contributed by atoms with van der Waals surface area (Å²) in [5, 5.41) is 6.59. The van der Waals surface area contributed by atoms with Crippen LogP contribution in [-0.2, 0) is 38.6 Å². The standard InChI is InChI=1S/C16H15N5O9S3/c1-3-7-4-31-14-10(13(24)21(14)11(7)15(25)30-33(26,27)28)19-12(23)9(20-29-6(2)22)8-5-32-16(17)18-8/h3,5,10,14H,1,4H2,2H3,(H2,17,18)(H,19,23)(H,26,27,28)/b20-9+. The van der Waals surface area contributed by atoms with Crippen LogP contribution in [0.1, 0.15) is 12.6 Å². The number of nitrogen functional groups attached to an aromatic ring is 1. The molecule has 3 heterocycles. The maximum Gasteiger partial charge on any atom is 0.449 e. The average molecular weight is 518 g/mol. The zero-order valence-corrected chi connectivity index (χ0v) is 19.0. The molecule has 0 aromatic carbocycles. The zero-order chi connectivity index (χ0) is 24.5. The smallest absolute Gasteiger partial charge is 0.375 e. The number of nitrogens with two attached hydrogens (primary N) is 1. The molecule has 0 spiro atoms. The lowest BCUT2D eigenvalue weighted by atomic mass is 10.0. The zero-order valence-electron chi connectivity index (χ0n) is 16.6. The molecular formula is C16H15N5O9S3. The monoisotopic (exact) mass is 517 g/mol. The van der Waals surface area contributed by atoms with Gasteiger partial charge in [0.1, 0.15) is 22.8 Å². The molecule has 3 rings (SSSR count). The summed E-state index contributed by atoms with van der Waals surface area (Å²) in [5.74, 6) is -3.85. The predicted octanol–water partition coefficient (Wildman–Crippen LogP) is -0.821. The SMILES string of the molecule is C=CC1=C(C(=O)OS(=O)(=O)O)N2C(=O)C(NC(=O)/C(=N/OC(C)=O)c3csc(N)n3)C2SC1. The first kappa shape index (κ1) is 24.4. The fourth-order valence-corrected chi connectivity index (χ4v) is 5.00. The van der Waals surface area contributed by atoms with Gasteiger partial charge in [0.05, 0.1) is 0 Å². The second-order valence-electron chi connectivity index (χ2n) is 6.33. The lowest BCUT2D eigenvalue weighted by Gasteiger charge is -2.49. The highest BCUT2D eigenvalue weighted by Crippen LogP contribution is 2.41. The molecule has 33 heavy (non-hydrogen) atoms. The molecular weight excluding hydrogens is 502 g/mol. The number of allylic oxidation sites excluding steroid dienone is 1. The van der Waals surface area contributed by atoms with E-state index in [-0.39, 0.29) is 22.2 Å². The van der Waals surface area contributed by atoms with E-state index < -0.39 is 57.0 Å². The number of nitrogens with zero attached hydrogens (tertiary/aromatic N) is 3. The Morgan fingerprint density at radius 3 is 2.70 bits per heavy atom. The van der Waals surface area contributed by atoms with E-state index >= 15 is 0 Å². The molecule has 1 saturated heterocycles. The van der Waals surface area contributed by atoms with Gasteiger partial charge in [0.25, 0.3) is 11.8 Å². The molecule has 1 aromatic heterocycles. The summed E-state index contributed by atoms with van der Waals surface area (Å²) >= 11 is 2.15. The van der Waals surface area contributed by atoms with Gasteiger partial charge in [-0.1, -0.05) is 17.8 Å². The van der Waals surface area contributed by atoms with Gasteiger partial charge in [-0.05, 0) is 5.57 Å². The number of thiazole rings is 1. The van der Waals surface area contributed by atoms with Crippen molar-refractivity contribution in [3.63, 3.8) is 0 Å². The van der Waals surface area contributed by atoms with Crippen molar-refractivity contribution < 1.29 is 41.2 Å². The minimum absolute atomic E-state index is 0.00225. The van der Waals surface area contributed by atoms with Gasteiger partial charge in [-0.15, -0.1) is 23.1 Å². The van der Waals surface area contributed by atoms with Crippen molar-refractivity contribution in [2.75, 3.05) is 11.5 Å². The first-order valence-electron chi connectivity index (χ1n) is 8.72. The van der Waals surface area contributed by atoms with Gasteiger partial charge in [0, 0.05) is 18.1 Å². The molecule has 2 unspecified atom stereocenters. The maximum absolute atomic E-state index is 12.8. The van der Waals surface area contributed by atoms with Crippen LogP contribution < -0.4 is 11.1 Å². The van der Waals surface area contributed by atoms with E-state index in [2.05, 4.69) is 31.1 Å². The van der Waals surface area contributed by atoms with E-state index in [1.165, 1.54) is 11.5 Å². The molecule has 0 bridgehead atoms. The summed E-state index contributed by atoms with van der Waals surface area (Å²) in [5.41, 5.74) is 4.91. The molecule has 2 aliphatic heterocycles. The third-order valence-corrected chi connectivity index (χ3v) is 6.49. The number of carbonyl (C=O) groups excluding carboxylic acids is 4. The molecule has 176 valence electrons. The highest BCUT2D eigenvalue weighted by Gasteiger charge is 2.54. The summed E-state index contributed by atoms with van der Waals surface area (Å²) in [7, 11) is -5.13. The third kappa shape index (κ3) is 5.21. The molecule has 1 aromatic rings. The van der Waals surface area contributed by atoms with Crippen molar-refractivity contribution in [3.05, 3.63) is 35.0 Å². The van der Waals surface area contributed by atoms with Crippen LogP contribution in [0.3, 0.4) is 0 Å². The number of aromatic nitrogens is 1. The number of fused-ring (bicyclic) bond motifs is 1. The highest BCUT2D eigenvalue weighted by molar-refractivity contribution is 8.00.